The van der Waals surface area contributed by atoms with E-state index in [-0.39, 0.29) is 5.78 Å². The number of nitrogens with zero attached hydrogens (tertiary/aromatic N) is 1. The summed E-state index contributed by atoms with van der Waals surface area (Å²) in [6, 6.07) is 7.36. The number of piperidine rings is 1. The van der Waals surface area contributed by atoms with Gasteiger partial charge in [0.25, 0.3) is 0 Å². The standard InChI is InChI=1S/C17H22ClNO/c18-15-6-2-1-5-14(15)16(20)13-19-11-9-17(10-12-19)7-3-4-8-17/h1-2,5-6H,3-4,7-13H2. The molecule has 0 bridgehead atoms. The van der Waals surface area contributed by atoms with E-state index in [0.717, 1.165) is 13.1 Å². The molecular formula is C17H22ClNO. The van der Waals surface area contributed by atoms with Crippen LogP contribution in [0.4, 0.5) is 0 Å². The average molecular weight is 292 g/mol. The van der Waals surface area contributed by atoms with E-state index in [9.17, 15) is 4.79 Å². The maximum atomic E-state index is 12.3. The summed E-state index contributed by atoms with van der Waals surface area (Å²) >= 11 is 6.10. The molecule has 1 aromatic carbocycles. The van der Waals surface area contributed by atoms with Crippen molar-refractivity contribution in [1.82, 2.24) is 4.90 Å². The predicted molar refractivity (Wildman–Crippen MR) is 82.4 cm³/mol. The topological polar surface area (TPSA) is 20.3 Å². The quantitative estimate of drug-likeness (QED) is 0.779. The zero-order chi connectivity index (χ0) is 14.0. The highest BCUT2D eigenvalue weighted by molar-refractivity contribution is 6.34. The number of Topliss-reactive ketones (excluding diaryl/α,β-unsaturated/α-hetero) is 1. The van der Waals surface area contributed by atoms with Crippen molar-refractivity contribution in [1.29, 1.82) is 0 Å². The van der Waals surface area contributed by atoms with E-state index in [1.807, 2.05) is 18.2 Å². The van der Waals surface area contributed by atoms with Gasteiger partial charge in [0.05, 0.1) is 11.6 Å². The lowest BCUT2D eigenvalue weighted by Gasteiger charge is -2.39. The molecule has 2 fully saturated rings. The molecule has 0 aromatic heterocycles. The Morgan fingerprint density at radius 2 is 1.75 bits per heavy atom. The van der Waals surface area contributed by atoms with Gasteiger partial charge in [0, 0.05) is 5.56 Å². The van der Waals surface area contributed by atoms with Gasteiger partial charge in [-0.15, -0.1) is 0 Å². The zero-order valence-corrected chi connectivity index (χ0v) is 12.7. The van der Waals surface area contributed by atoms with E-state index < -0.39 is 0 Å². The van der Waals surface area contributed by atoms with Crippen molar-refractivity contribution in [2.45, 2.75) is 38.5 Å². The molecule has 0 radical (unpaired) electrons. The third kappa shape index (κ3) is 2.91. The summed E-state index contributed by atoms with van der Waals surface area (Å²) in [6.45, 7) is 2.65. The molecule has 1 aromatic rings. The van der Waals surface area contributed by atoms with E-state index in [2.05, 4.69) is 4.90 Å². The van der Waals surface area contributed by atoms with Crippen molar-refractivity contribution in [3.63, 3.8) is 0 Å². The fraction of sp³-hybridized carbons (Fsp3) is 0.588. The normalized spacial score (nSPS) is 22.2. The number of rotatable bonds is 3. The SMILES string of the molecule is O=C(CN1CCC2(CCCC2)CC1)c1ccccc1Cl. The molecule has 0 amide bonds. The van der Waals surface area contributed by atoms with Gasteiger partial charge >= 0.3 is 0 Å². The van der Waals surface area contributed by atoms with Crippen molar-refractivity contribution in [2.24, 2.45) is 5.41 Å². The van der Waals surface area contributed by atoms with Crippen molar-refractivity contribution in [3.05, 3.63) is 34.9 Å². The number of carbonyl (C=O) groups excluding carboxylic acids is 1. The molecule has 1 aliphatic carbocycles. The number of halogens is 1. The van der Waals surface area contributed by atoms with Crippen LogP contribution in [-0.2, 0) is 0 Å². The predicted octanol–water partition coefficient (Wildman–Crippen LogP) is 4.18. The van der Waals surface area contributed by atoms with Crippen LogP contribution in [0.25, 0.3) is 0 Å². The Hall–Kier alpha value is -0.860. The minimum absolute atomic E-state index is 0.151. The summed E-state index contributed by atoms with van der Waals surface area (Å²) in [5.41, 5.74) is 1.28. The third-order valence-corrected chi connectivity index (χ3v) is 5.45. The fourth-order valence-corrected chi connectivity index (χ4v) is 4.03. The highest BCUT2D eigenvalue weighted by Gasteiger charge is 2.37. The molecule has 20 heavy (non-hydrogen) atoms. The average Bonchev–Trinajstić information content (AvgIpc) is 2.90. The van der Waals surface area contributed by atoms with Crippen LogP contribution in [0.15, 0.2) is 24.3 Å². The van der Waals surface area contributed by atoms with Gasteiger partial charge in [-0.3, -0.25) is 9.69 Å². The van der Waals surface area contributed by atoms with E-state index in [1.165, 1.54) is 38.5 Å². The Balaban J connectivity index is 1.57. The molecule has 1 aliphatic heterocycles. The largest absolute Gasteiger partial charge is 0.296 e. The number of benzene rings is 1. The van der Waals surface area contributed by atoms with E-state index in [0.29, 0.717) is 22.5 Å². The molecule has 2 nitrogen and oxygen atoms in total. The second-order valence-electron chi connectivity index (χ2n) is 6.39. The van der Waals surface area contributed by atoms with Crippen molar-refractivity contribution in [2.75, 3.05) is 19.6 Å². The van der Waals surface area contributed by atoms with Crippen LogP contribution < -0.4 is 0 Å². The van der Waals surface area contributed by atoms with Gasteiger partial charge in [0.15, 0.2) is 5.78 Å². The number of hydrogen-bond donors (Lipinski definition) is 0. The monoisotopic (exact) mass is 291 g/mol. The first kappa shape index (κ1) is 14.1. The molecule has 3 rings (SSSR count). The molecule has 1 saturated heterocycles. The van der Waals surface area contributed by atoms with Gasteiger partial charge in [-0.2, -0.15) is 0 Å². The second-order valence-corrected chi connectivity index (χ2v) is 6.79. The van der Waals surface area contributed by atoms with Crippen molar-refractivity contribution in [3.8, 4) is 0 Å². The highest BCUT2D eigenvalue weighted by Crippen LogP contribution is 2.46. The summed E-state index contributed by atoms with van der Waals surface area (Å²) in [5, 5.41) is 0.571. The number of likely N-dealkylation sites (tertiary alicyclic amines) is 1. The minimum atomic E-state index is 0.151. The summed E-state index contributed by atoms with van der Waals surface area (Å²) in [6.07, 6.45) is 8.14. The van der Waals surface area contributed by atoms with Crippen molar-refractivity contribution < 1.29 is 4.79 Å². The summed E-state index contributed by atoms with van der Waals surface area (Å²) < 4.78 is 0. The Morgan fingerprint density at radius 3 is 2.40 bits per heavy atom. The van der Waals surface area contributed by atoms with Crippen molar-refractivity contribution >= 4 is 17.4 Å². The Kier molecular flexibility index (Phi) is 4.13. The van der Waals surface area contributed by atoms with Crippen LogP contribution in [-0.4, -0.2) is 30.3 Å². The molecule has 1 heterocycles. The fourth-order valence-electron chi connectivity index (χ4n) is 3.79. The number of ketones is 1. The molecule has 2 aliphatic rings. The first-order valence-corrected chi connectivity index (χ1v) is 8.06. The molecule has 0 N–H and O–H groups in total. The van der Waals surface area contributed by atoms with Crippen LogP contribution in [0, 0.1) is 5.41 Å². The Labute approximate surface area is 126 Å². The minimum Gasteiger partial charge on any atom is -0.296 e. The Morgan fingerprint density at radius 1 is 1.10 bits per heavy atom. The summed E-state index contributed by atoms with van der Waals surface area (Å²) in [5.74, 6) is 0.151. The van der Waals surface area contributed by atoms with Gasteiger partial charge in [-0.05, 0) is 56.3 Å². The maximum absolute atomic E-state index is 12.3. The van der Waals surface area contributed by atoms with Crippen LogP contribution in [0.2, 0.25) is 5.02 Å². The molecule has 108 valence electrons. The second kappa shape index (κ2) is 5.87. The molecule has 1 spiro atoms. The van der Waals surface area contributed by atoms with Gasteiger partial charge in [-0.25, -0.2) is 0 Å². The number of carbonyl (C=O) groups is 1. The molecule has 1 saturated carbocycles. The van der Waals surface area contributed by atoms with E-state index in [1.54, 1.807) is 6.07 Å². The lowest BCUT2D eigenvalue weighted by molar-refractivity contribution is 0.0797. The Bertz CT molecular complexity index is 484. The third-order valence-electron chi connectivity index (χ3n) is 5.12. The molecular weight excluding hydrogens is 270 g/mol. The number of hydrogen-bond acceptors (Lipinski definition) is 2. The van der Waals surface area contributed by atoms with Gasteiger partial charge in [0.2, 0.25) is 0 Å². The lowest BCUT2D eigenvalue weighted by Crippen LogP contribution is -2.41. The van der Waals surface area contributed by atoms with Gasteiger partial charge in [-0.1, -0.05) is 36.6 Å². The highest BCUT2D eigenvalue weighted by atomic mass is 35.5. The van der Waals surface area contributed by atoms with Crippen LogP contribution in [0.1, 0.15) is 48.9 Å². The summed E-state index contributed by atoms with van der Waals surface area (Å²) in [7, 11) is 0. The maximum Gasteiger partial charge on any atom is 0.178 e. The smallest absolute Gasteiger partial charge is 0.178 e. The molecule has 0 atom stereocenters. The molecule has 0 unspecified atom stereocenters. The first-order valence-electron chi connectivity index (χ1n) is 7.69. The van der Waals surface area contributed by atoms with E-state index in [4.69, 9.17) is 11.6 Å². The summed E-state index contributed by atoms with van der Waals surface area (Å²) in [4.78, 5) is 14.6. The van der Waals surface area contributed by atoms with Crippen LogP contribution in [0.3, 0.4) is 0 Å². The zero-order valence-electron chi connectivity index (χ0n) is 11.9. The van der Waals surface area contributed by atoms with Crippen LogP contribution in [0.5, 0.6) is 0 Å². The first-order chi connectivity index (χ1) is 9.69. The van der Waals surface area contributed by atoms with Gasteiger partial charge in [0.1, 0.15) is 0 Å². The van der Waals surface area contributed by atoms with Crippen LogP contribution >= 0.6 is 11.6 Å². The lowest BCUT2D eigenvalue weighted by atomic mass is 9.77. The van der Waals surface area contributed by atoms with Gasteiger partial charge < -0.3 is 0 Å². The molecule has 3 heteroatoms. The van der Waals surface area contributed by atoms with E-state index >= 15 is 0 Å².